The van der Waals surface area contributed by atoms with Gasteiger partial charge >= 0.3 is 0 Å². The number of piperazine rings is 1. The lowest BCUT2D eigenvalue weighted by molar-refractivity contribution is -0.117. The Labute approximate surface area is 166 Å². The first-order chi connectivity index (χ1) is 14.1. The van der Waals surface area contributed by atoms with Crippen LogP contribution in [0.15, 0.2) is 53.3 Å². The maximum absolute atomic E-state index is 14.6. The van der Waals surface area contributed by atoms with E-state index in [0.29, 0.717) is 16.6 Å². The highest BCUT2D eigenvalue weighted by atomic mass is 19.1. The largest absolute Gasteiger partial charge is 0.453 e. The van der Waals surface area contributed by atoms with Crippen molar-refractivity contribution < 1.29 is 13.9 Å². The number of carbonyl (C=O) groups is 1. The summed E-state index contributed by atoms with van der Waals surface area (Å²) in [6.07, 6.45) is 0. The molecular formula is C21H21FN4O3. The third-order valence-corrected chi connectivity index (χ3v) is 4.72. The van der Waals surface area contributed by atoms with Crippen LogP contribution in [0.5, 0.6) is 11.5 Å². The minimum absolute atomic E-state index is 0.0270. The summed E-state index contributed by atoms with van der Waals surface area (Å²) in [5.74, 6) is -0.588. The number of aromatic nitrogens is 1. The van der Waals surface area contributed by atoms with Gasteiger partial charge in [-0.25, -0.2) is 4.39 Å². The van der Waals surface area contributed by atoms with Gasteiger partial charge < -0.3 is 20.4 Å². The average Bonchev–Trinajstić information content (AvgIpc) is 2.70. The first-order valence-corrected chi connectivity index (χ1v) is 9.41. The van der Waals surface area contributed by atoms with E-state index in [2.05, 4.69) is 15.6 Å². The number of halogens is 1. The van der Waals surface area contributed by atoms with Gasteiger partial charge in [-0.3, -0.25) is 14.5 Å². The zero-order chi connectivity index (χ0) is 20.2. The van der Waals surface area contributed by atoms with Crippen LogP contribution in [-0.2, 0) is 4.79 Å². The minimum Gasteiger partial charge on any atom is -0.453 e. The predicted octanol–water partition coefficient (Wildman–Crippen LogP) is 2.30. The second-order valence-corrected chi connectivity index (χ2v) is 6.87. The van der Waals surface area contributed by atoms with Crippen molar-refractivity contribution in [1.82, 2.24) is 15.2 Å². The molecule has 1 fully saturated rings. The van der Waals surface area contributed by atoms with Crippen LogP contribution in [-0.4, -0.2) is 48.5 Å². The van der Waals surface area contributed by atoms with E-state index in [1.807, 2.05) is 4.90 Å². The Balaban J connectivity index is 1.48. The number of H-pyrrole nitrogens is 1. The van der Waals surface area contributed by atoms with Gasteiger partial charge in [0.25, 0.3) is 5.56 Å². The van der Waals surface area contributed by atoms with Crippen molar-refractivity contribution in [3.05, 3.63) is 64.7 Å². The number of benzene rings is 2. The molecule has 0 bridgehead atoms. The number of aromatic amines is 1. The third kappa shape index (κ3) is 4.61. The zero-order valence-corrected chi connectivity index (χ0v) is 15.7. The van der Waals surface area contributed by atoms with Gasteiger partial charge in [0, 0.05) is 49.4 Å². The molecule has 2 aromatic carbocycles. The van der Waals surface area contributed by atoms with E-state index in [4.69, 9.17) is 4.74 Å². The molecule has 29 heavy (non-hydrogen) atoms. The molecule has 0 saturated carbocycles. The quantitative estimate of drug-likeness (QED) is 0.616. The van der Waals surface area contributed by atoms with Gasteiger partial charge in [0.1, 0.15) is 5.75 Å². The fraction of sp³-hybridized carbons (Fsp3) is 0.238. The van der Waals surface area contributed by atoms with Crippen LogP contribution >= 0.6 is 0 Å². The second-order valence-electron chi connectivity index (χ2n) is 6.87. The van der Waals surface area contributed by atoms with E-state index in [1.54, 1.807) is 30.3 Å². The summed E-state index contributed by atoms with van der Waals surface area (Å²) < 4.78 is 20.2. The number of nitrogens with zero attached hydrogens (tertiary/aromatic N) is 1. The lowest BCUT2D eigenvalue weighted by Crippen LogP contribution is -2.46. The number of hydrogen-bond donors (Lipinski definition) is 3. The average molecular weight is 396 g/mol. The van der Waals surface area contributed by atoms with Crippen molar-refractivity contribution in [2.24, 2.45) is 0 Å². The second kappa shape index (κ2) is 8.42. The highest BCUT2D eigenvalue weighted by Gasteiger charge is 2.15. The Morgan fingerprint density at radius 1 is 1.10 bits per heavy atom. The number of fused-ring (bicyclic) bond motifs is 1. The lowest BCUT2D eigenvalue weighted by atomic mass is 10.2. The van der Waals surface area contributed by atoms with Crippen LogP contribution in [0.25, 0.3) is 10.9 Å². The monoisotopic (exact) mass is 396 g/mol. The van der Waals surface area contributed by atoms with Gasteiger partial charge in [-0.15, -0.1) is 0 Å². The number of anilines is 1. The van der Waals surface area contributed by atoms with Gasteiger partial charge in [0.05, 0.1) is 12.1 Å². The van der Waals surface area contributed by atoms with Crippen molar-refractivity contribution in [2.45, 2.75) is 0 Å². The Hall–Kier alpha value is -3.23. The number of carbonyl (C=O) groups excluding carboxylic acids is 1. The van der Waals surface area contributed by atoms with Gasteiger partial charge in [-0.1, -0.05) is 12.1 Å². The fourth-order valence-corrected chi connectivity index (χ4v) is 3.31. The number of hydrogen-bond acceptors (Lipinski definition) is 5. The van der Waals surface area contributed by atoms with Crippen molar-refractivity contribution in [2.75, 3.05) is 38.0 Å². The molecule has 8 heteroatoms. The number of pyridine rings is 1. The van der Waals surface area contributed by atoms with Crippen molar-refractivity contribution in [3.63, 3.8) is 0 Å². The Bertz CT molecular complexity index is 1090. The smallest absolute Gasteiger partial charge is 0.252 e. The van der Waals surface area contributed by atoms with Crippen molar-refractivity contribution >= 4 is 22.5 Å². The van der Waals surface area contributed by atoms with E-state index < -0.39 is 5.82 Å². The van der Waals surface area contributed by atoms with Crippen LogP contribution in [0.2, 0.25) is 0 Å². The summed E-state index contributed by atoms with van der Waals surface area (Å²) in [6.45, 7) is 3.58. The van der Waals surface area contributed by atoms with Crippen LogP contribution in [0.1, 0.15) is 0 Å². The maximum Gasteiger partial charge on any atom is 0.252 e. The van der Waals surface area contributed by atoms with Gasteiger partial charge in [-0.2, -0.15) is 0 Å². The summed E-state index contributed by atoms with van der Waals surface area (Å²) in [5.41, 5.74) is 0.619. The van der Waals surface area contributed by atoms with Crippen LogP contribution in [0.3, 0.4) is 0 Å². The van der Waals surface area contributed by atoms with E-state index >= 15 is 0 Å². The Morgan fingerprint density at radius 3 is 2.69 bits per heavy atom. The standard InChI is InChI=1S/C21H21FN4O3/c22-16-11-14(24-21(28)13-26-9-7-23-8-10-26)5-6-18(16)29-19-12-20(27)25-17-4-2-1-3-15(17)19/h1-6,11-12,23H,7-10,13H2,(H,24,28)(H,25,27). The fourth-order valence-electron chi connectivity index (χ4n) is 3.31. The molecule has 0 atom stereocenters. The predicted molar refractivity (Wildman–Crippen MR) is 109 cm³/mol. The molecule has 1 aromatic heterocycles. The molecule has 0 radical (unpaired) electrons. The molecule has 3 aromatic rings. The van der Waals surface area contributed by atoms with Gasteiger partial charge in [-0.05, 0) is 24.3 Å². The molecule has 0 aliphatic carbocycles. The summed E-state index contributed by atoms with van der Waals surface area (Å²) in [6, 6.07) is 12.6. The Morgan fingerprint density at radius 2 is 1.90 bits per heavy atom. The van der Waals surface area contributed by atoms with Gasteiger partial charge in [0.2, 0.25) is 5.91 Å². The third-order valence-electron chi connectivity index (χ3n) is 4.72. The number of rotatable bonds is 5. The van der Waals surface area contributed by atoms with Crippen LogP contribution < -0.4 is 20.9 Å². The number of para-hydroxylation sites is 1. The molecule has 2 heterocycles. The molecule has 1 saturated heterocycles. The van der Waals surface area contributed by atoms with Crippen molar-refractivity contribution in [3.8, 4) is 11.5 Å². The van der Waals surface area contributed by atoms with E-state index in [-0.39, 0.29) is 29.5 Å². The first kappa shape index (κ1) is 19.1. The summed E-state index contributed by atoms with van der Waals surface area (Å²) in [5, 5.41) is 6.60. The number of amides is 1. The summed E-state index contributed by atoms with van der Waals surface area (Å²) >= 11 is 0. The highest BCUT2D eigenvalue weighted by Crippen LogP contribution is 2.30. The molecule has 3 N–H and O–H groups in total. The summed E-state index contributed by atoms with van der Waals surface area (Å²) in [4.78, 5) is 28.8. The van der Waals surface area contributed by atoms with Crippen LogP contribution in [0, 0.1) is 5.82 Å². The van der Waals surface area contributed by atoms with Crippen molar-refractivity contribution in [1.29, 1.82) is 0 Å². The normalized spacial score (nSPS) is 14.7. The molecular weight excluding hydrogens is 375 g/mol. The highest BCUT2D eigenvalue weighted by molar-refractivity contribution is 5.92. The van der Waals surface area contributed by atoms with Crippen LogP contribution in [0.4, 0.5) is 10.1 Å². The maximum atomic E-state index is 14.6. The Kier molecular flexibility index (Phi) is 5.55. The molecule has 0 spiro atoms. The molecule has 1 aliphatic rings. The molecule has 1 aliphatic heterocycles. The number of ether oxygens (including phenoxy) is 1. The van der Waals surface area contributed by atoms with E-state index in [9.17, 15) is 14.0 Å². The minimum atomic E-state index is -0.630. The van der Waals surface area contributed by atoms with E-state index in [0.717, 1.165) is 26.2 Å². The number of nitrogens with one attached hydrogen (secondary N) is 3. The molecule has 4 rings (SSSR count). The SMILES string of the molecule is O=C(CN1CCNCC1)Nc1ccc(Oc2cc(=O)[nH]c3ccccc23)c(F)c1. The molecule has 1 amide bonds. The summed E-state index contributed by atoms with van der Waals surface area (Å²) in [7, 11) is 0. The topological polar surface area (TPSA) is 86.5 Å². The van der Waals surface area contributed by atoms with Gasteiger partial charge in [0.15, 0.2) is 11.6 Å². The zero-order valence-electron chi connectivity index (χ0n) is 15.7. The molecule has 7 nitrogen and oxygen atoms in total. The van der Waals surface area contributed by atoms with E-state index in [1.165, 1.54) is 18.2 Å². The first-order valence-electron chi connectivity index (χ1n) is 9.41. The lowest BCUT2D eigenvalue weighted by Gasteiger charge is -2.26. The molecule has 0 unspecified atom stereocenters. The molecule has 150 valence electrons.